The summed E-state index contributed by atoms with van der Waals surface area (Å²) >= 11 is 5.45. The van der Waals surface area contributed by atoms with Crippen LogP contribution in [0.5, 0.6) is 5.75 Å². The van der Waals surface area contributed by atoms with Crippen molar-refractivity contribution in [1.29, 1.82) is 0 Å². The summed E-state index contributed by atoms with van der Waals surface area (Å²) in [6.45, 7) is 9.42. The number of carbonyl (C=O) groups is 1. The van der Waals surface area contributed by atoms with Gasteiger partial charge < -0.3 is 15.0 Å². The van der Waals surface area contributed by atoms with Crippen molar-refractivity contribution in [1.82, 2.24) is 0 Å². The topological polar surface area (TPSA) is 60.4 Å². The molecule has 0 atom stereocenters. The zero-order chi connectivity index (χ0) is 21.4. The molecule has 28 heavy (non-hydrogen) atoms. The SMILES string of the molecule is CCCC[P+](CCCC)(CCCC)CCCC.O=C([O-])c1ccc(Cl)cc1O. The summed E-state index contributed by atoms with van der Waals surface area (Å²) in [5.74, 6) is -1.79. The molecule has 0 aromatic heterocycles. The molecular formula is C23H40ClO3P. The van der Waals surface area contributed by atoms with Gasteiger partial charge in [-0.25, -0.2) is 0 Å². The van der Waals surface area contributed by atoms with Crippen LogP contribution in [-0.4, -0.2) is 35.7 Å². The minimum absolute atomic E-state index is 0.255. The molecule has 0 aliphatic carbocycles. The van der Waals surface area contributed by atoms with Crippen LogP contribution < -0.4 is 5.11 Å². The highest BCUT2D eigenvalue weighted by molar-refractivity contribution is 7.75. The third kappa shape index (κ3) is 11.3. The number of aromatic carboxylic acids is 1. The van der Waals surface area contributed by atoms with E-state index >= 15 is 0 Å². The molecule has 1 aromatic carbocycles. The van der Waals surface area contributed by atoms with E-state index in [1.54, 1.807) is 24.6 Å². The van der Waals surface area contributed by atoms with Crippen molar-refractivity contribution in [2.45, 2.75) is 79.1 Å². The zero-order valence-electron chi connectivity index (χ0n) is 18.3. The molecule has 5 heteroatoms. The number of unbranched alkanes of at least 4 members (excludes halogenated alkanes) is 4. The van der Waals surface area contributed by atoms with Gasteiger partial charge in [0.1, 0.15) is 5.75 Å². The first-order chi connectivity index (χ1) is 13.4. The molecule has 162 valence electrons. The van der Waals surface area contributed by atoms with E-state index in [0.717, 1.165) is 6.07 Å². The van der Waals surface area contributed by atoms with Crippen molar-refractivity contribution in [2.24, 2.45) is 0 Å². The molecule has 0 bridgehead atoms. The Morgan fingerprint density at radius 1 is 0.893 bits per heavy atom. The molecule has 3 nitrogen and oxygen atoms in total. The van der Waals surface area contributed by atoms with Crippen LogP contribution in [0.4, 0.5) is 0 Å². The van der Waals surface area contributed by atoms with Crippen LogP contribution in [0.25, 0.3) is 0 Å². The van der Waals surface area contributed by atoms with Crippen LogP contribution in [-0.2, 0) is 0 Å². The Morgan fingerprint density at radius 2 is 1.29 bits per heavy atom. The minimum Gasteiger partial charge on any atom is -0.545 e. The smallest absolute Gasteiger partial charge is 0.126 e. The fraction of sp³-hybridized carbons (Fsp3) is 0.696. The molecule has 0 saturated carbocycles. The van der Waals surface area contributed by atoms with Crippen molar-refractivity contribution in [2.75, 3.05) is 24.6 Å². The average molecular weight is 431 g/mol. The van der Waals surface area contributed by atoms with Gasteiger partial charge in [0.2, 0.25) is 0 Å². The second kappa shape index (κ2) is 16.1. The fourth-order valence-electron chi connectivity index (χ4n) is 3.32. The number of phenols is 1. The van der Waals surface area contributed by atoms with Crippen LogP contribution in [0.2, 0.25) is 5.02 Å². The molecular weight excluding hydrogens is 391 g/mol. The van der Waals surface area contributed by atoms with Gasteiger partial charge in [-0.1, -0.05) is 65.0 Å². The molecule has 0 fully saturated rings. The highest BCUT2D eigenvalue weighted by Gasteiger charge is 2.34. The Labute approximate surface area is 178 Å². The number of carboxylic acids is 1. The van der Waals surface area contributed by atoms with Crippen molar-refractivity contribution in [3.8, 4) is 5.75 Å². The van der Waals surface area contributed by atoms with Gasteiger partial charge in [-0.3, -0.25) is 0 Å². The maximum absolute atomic E-state index is 10.2. The van der Waals surface area contributed by atoms with Gasteiger partial charge in [0.25, 0.3) is 0 Å². The van der Waals surface area contributed by atoms with E-state index in [2.05, 4.69) is 27.7 Å². The van der Waals surface area contributed by atoms with Crippen LogP contribution >= 0.6 is 18.9 Å². The van der Waals surface area contributed by atoms with Crippen molar-refractivity contribution in [3.63, 3.8) is 0 Å². The number of carboxylic acid groups (broad SMARTS) is 1. The number of rotatable bonds is 13. The summed E-state index contributed by atoms with van der Waals surface area (Å²) in [6.07, 6.45) is 17.9. The number of benzene rings is 1. The van der Waals surface area contributed by atoms with E-state index < -0.39 is 13.2 Å². The second-order valence-electron chi connectivity index (χ2n) is 7.60. The molecule has 1 aromatic rings. The van der Waals surface area contributed by atoms with Crippen LogP contribution in [0.15, 0.2) is 18.2 Å². The minimum atomic E-state index is -1.42. The monoisotopic (exact) mass is 430 g/mol. The number of hydrogen-bond acceptors (Lipinski definition) is 3. The molecule has 0 unspecified atom stereocenters. The molecule has 1 N–H and O–H groups in total. The lowest BCUT2D eigenvalue weighted by Gasteiger charge is -2.28. The largest absolute Gasteiger partial charge is 0.545 e. The van der Waals surface area contributed by atoms with Crippen molar-refractivity contribution < 1.29 is 15.0 Å². The molecule has 0 radical (unpaired) electrons. The summed E-state index contributed by atoms with van der Waals surface area (Å²) in [6, 6.07) is 3.70. The molecule has 1 rings (SSSR count). The normalized spacial score (nSPS) is 11.0. The Bertz CT molecular complexity index is 511. The quantitative estimate of drug-likeness (QED) is 0.358. The van der Waals surface area contributed by atoms with Gasteiger partial charge in [-0.2, -0.15) is 0 Å². The Morgan fingerprint density at radius 3 is 1.57 bits per heavy atom. The lowest BCUT2D eigenvalue weighted by Crippen LogP contribution is -2.22. The number of hydrogen-bond donors (Lipinski definition) is 1. The molecule has 0 aliphatic rings. The lowest BCUT2D eigenvalue weighted by atomic mass is 10.2. The lowest BCUT2D eigenvalue weighted by molar-refractivity contribution is -0.255. The predicted octanol–water partition coefficient (Wildman–Crippen LogP) is 6.61. The van der Waals surface area contributed by atoms with E-state index in [4.69, 9.17) is 16.7 Å². The van der Waals surface area contributed by atoms with E-state index in [-0.39, 0.29) is 16.3 Å². The molecule has 0 aliphatic heterocycles. The van der Waals surface area contributed by atoms with E-state index in [1.807, 2.05) is 0 Å². The summed E-state index contributed by atoms with van der Waals surface area (Å²) in [5, 5.41) is 19.5. The Kier molecular flexibility index (Phi) is 15.6. The third-order valence-corrected chi connectivity index (χ3v) is 10.4. The molecule has 0 saturated heterocycles. The molecule has 0 amide bonds. The van der Waals surface area contributed by atoms with Gasteiger partial charge in [0, 0.05) is 17.8 Å². The van der Waals surface area contributed by atoms with Crippen LogP contribution in [0, 0.1) is 0 Å². The van der Waals surface area contributed by atoms with Gasteiger partial charge in [0.15, 0.2) is 0 Å². The second-order valence-corrected chi connectivity index (χ2v) is 12.5. The standard InChI is InChI=1S/C16H36P.C7H5ClO3/c1-5-9-13-17(14-10-6-2,15-11-7-3)16-12-8-4;8-4-1-2-5(7(10)11)6(9)3-4/h5-16H2,1-4H3;1-3,9H,(H,10,11)/q+1;/p-1. The first-order valence-electron chi connectivity index (χ1n) is 10.9. The Hall–Kier alpha value is -0.790. The summed E-state index contributed by atoms with van der Waals surface area (Å²) < 4.78 is 0. The maximum atomic E-state index is 10.2. The third-order valence-electron chi connectivity index (χ3n) is 5.12. The van der Waals surface area contributed by atoms with Crippen molar-refractivity contribution in [3.05, 3.63) is 28.8 Å². The van der Waals surface area contributed by atoms with E-state index in [0.29, 0.717) is 0 Å². The van der Waals surface area contributed by atoms with E-state index in [1.165, 1.54) is 63.5 Å². The fourth-order valence-corrected chi connectivity index (χ4v) is 8.78. The van der Waals surface area contributed by atoms with Crippen molar-refractivity contribution >= 4 is 24.8 Å². The van der Waals surface area contributed by atoms with E-state index in [9.17, 15) is 9.90 Å². The zero-order valence-corrected chi connectivity index (χ0v) is 20.0. The average Bonchev–Trinajstić information content (AvgIpc) is 2.67. The summed E-state index contributed by atoms with van der Waals surface area (Å²) in [5.41, 5.74) is -0.255. The summed E-state index contributed by atoms with van der Waals surface area (Å²) in [4.78, 5) is 10.2. The predicted molar refractivity (Wildman–Crippen MR) is 123 cm³/mol. The molecule has 0 spiro atoms. The molecule has 0 heterocycles. The Balaban J connectivity index is 0.000000567. The highest BCUT2D eigenvalue weighted by Crippen LogP contribution is 2.61. The van der Waals surface area contributed by atoms with Gasteiger partial charge in [-0.15, -0.1) is 0 Å². The first-order valence-corrected chi connectivity index (χ1v) is 13.8. The number of aromatic hydroxyl groups is 1. The number of carbonyl (C=O) groups excluding carboxylic acids is 1. The highest BCUT2D eigenvalue weighted by atomic mass is 35.5. The van der Waals surface area contributed by atoms with Gasteiger partial charge in [-0.05, 0) is 43.9 Å². The van der Waals surface area contributed by atoms with Crippen LogP contribution in [0.3, 0.4) is 0 Å². The summed E-state index contributed by atoms with van der Waals surface area (Å²) in [7, 11) is -0.562. The van der Waals surface area contributed by atoms with Gasteiger partial charge in [0.05, 0.1) is 30.6 Å². The van der Waals surface area contributed by atoms with Crippen LogP contribution in [0.1, 0.15) is 89.4 Å². The maximum Gasteiger partial charge on any atom is 0.126 e. The number of halogens is 1. The first kappa shape index (κ1) is 27.2. The van der Waals surface area contributed by atoms with Gasteiger partial charge >= 0.3 is 0 Å².